The van der Waals surface area contributed by atoms with Crippen LogP contribution in [0.3, 0.4) is 0 Å². The van der Waals surface area contributed by atoms with Gasteiger partial charge in [-0.25, -0.2) is 8.42 Å². The summed E-state index contributed by atoms with van der Waals surface area (Å²) in [6, 6.07) is 7.00. The van der Waals surface area contributed by atoms with Crippen LogP contribution in [0, 0.1) is 6.92 Å². The van der Waals surface area contributed by atoms with Gasteiger partial charge in [-0.3, -0.25) is 0 Å². The Balaban J connectivity index is 3.20. The first kappa shape index (κ1) is 12.9. The van der Waals surface area contributed by atoms with Crippen LogP contribution in [0.1, 0.15) is 12.5 Å². The van der Waals surface area contributed by atoms with Gasteiger partial charge in [0.2, 0.25) is 10.0 Å². The van der Waals surface area contributed by atoms with Crippen molar-refractivity contribution in [2.45, 2.75) is 18.7 Å². The van der Waals surface area contributed by atoms with Crippen molar-refractivity contribution >= 4 is 10.0 Å². The fraction of sp³-hybridized carbons (Fsp3) is 0.333. The summed E-state index contributed by atoms with van der Waals surface area (Å²) in [6.07, 6.45) is 1.60. The molecule has 0 N–H and O–H groups in total. The van der Waals surface area contributed by atoms with Crippen molar-refractivity contribution in [2.24, 2.45) is 0 Å². The van der Waals surface area contributed by atoms with Crippen molar-refractivity contribution in [1.82, 2.24) is 4.31 Å². The van der Waals surface area contributed by atoms with E-state index in [0.29, 0.717) is 18.0 Å². The molecule has 0 saturated heterocycles. The minimum Gasteiger partial charge on any atom is -0.207 e. The van der Waals surface area contributed by atoms with Gasteiger partial charge in [-0.1, -0.05) is 31.2 Å². The Kier molecular flexibility index (Phi) is 4.26. The Bertz CT molecular complexity index is 466. The zero-order valence-corrected chi connectivity index (χ0v) is 10.5. The Morgan fingerprint density at radius 2 is 2.00 bits per heavy atom. The molecule has 0 fully saturated rings. The summed E-state index contributed by atoms with van der Waals surface area (Å²) in [7, 11) is -3.38. The molecule has 0 unspecified atom stereocenters. The highest BCUT2D eigenvalue weighted by atomic mass is 32.2. The van der Waals surface area contributed by atoms with E-state index in [1.54, 1.807) is 31.2 Å². The highest BCUT2D eigenvalue weighted by Crippen LogP contribution is 2.18. The molecule has 0 heterocycles. The molecule has 1 rings (SSSR count). The number of nitrogens with zero attached hydrogens (tertiary/aromatic N) is 1. The molecule has 0 aliphatic rings. The van der Waals surface area contributed by atoms with Crippen molar-refractivity contribution in [3.05, 3.63) is 42.5 Å². The van der Waals surface area contributed by atoms with Gasteiger partial charge in [0, 0.05) is 13.1 Å². The van der Waals surface area contributed by atoms with E-state index in [2.05, 4.69) is 6.58 Å². The van der Waals surface area contributed by atoms with Crippen LogP contribution in [0.15, 0.2) is 41.8 Å². The van der Waals surface area contributed by atoms with Crippen LogP contribution in [0.5, 0.6) is 0 Å². The summed E-state index contributed by atoms with van der Waals surface area (Å²) in [5.41, 5.74) is 0.769. The van der Waals surface area contributed by atoms with Crippen molar-refractivity contribution in [3.63, 3.8) is 0 Å². The number of sulfonamides is 1. The SMILES string of the molecule is C=CCN(CC)S(=O)(=O)c1ccccc1C. The quantitative estimate of drug-likeness (QED) is 0.739. The van der Waals surface area contributed by atoms with Gasteiger partial charge in [0.05, 0.1) is 4.90 Å². The molecule has 0 aliphatic carbocycles. The van der Waals surface area contributed by atoms with E-state index in [-0.39, 0.29) is 0 Å². The molecule has 0 atom stereocenters. The first-order valence-corrected chi connectivity index (χ1v) is 6.64. The maximum absolute atomic E-state index is 12.3. The van der Waals surface area contributed by atoms with Crippen LogP contribution in [-0.2, 0) is 10.0 Å². The van der Waals surface area contributed by atoms with Crippen molar-refractivity contribution in [2.75, 3.05) is 13.1 Å². The summed E-state index contributed by atoms with van der Waals surface area (Å²) < 4.78 is 25.9. The van der Waals surface area contributed by atoms with E-state index in [0.717, 1.165) is 5.56 Å². The Morgan fingerprint density at radius 1 is 1.38 bits per heavy atom. The van der Waals surface area contributed by atoms with Crippen LogP contribution in [0.2, 0.25) is 0 Å². The van der Waals surface area contributed by atoms with Crippen LogP contribution in [-0.4, -0.2) is 25.8 Å². The molecule has 3 nitrogen and oxygen atoms in total. The number of benzene rings is 1. The molecule has 0 spiro atoms. The monoisotopic (exact) mass is 239 g/mol. The second kappa shape index (κ2) is 5.27. The summed E-state index contributed by atoms with van der Waals surface area (Å²) in [4.78, 5) is 0.374. The Labute approximate surface area is 97.5 Å². The highest BCUT2D eigenvalue weighted by molar-refractivity contribution is 7.89. The van der Waals surface area contributed by atoms with Crippen LogP contribution < -0.4 is 0 Å². The van der Waals surface area contributed by atoms with Gasteiger partial charge in [0.1, 0.15) is 0 Å². The largest absolute Gasteiger partial charge is 0.243 e. The van der Waals surface area contributed by atoms with Gasteiger partial charge in [-0.15, -0.1) is 6.58 Å². The van der Waals surface area contributed by atoms with Gasteiger partial charge in [0.25, 0.3) is 0 Å². The summed E-state index contributed by atoms with van der Waals surface area (Å²) in [6.45, 7) is 7.98. The van der Waals surface area contributed by atoms with Crippen LogP contribution in [0.4, 0.5) is 0 Å². The van der Waals surface area contributed by atoms with Gasteiger partial charge >= 0.3 is 0 Å². The zero-order valence-electron chi connectivity index (χ0n) is 9.68. The van der Waals surface area contributed by atoms with Crippen LogP contribution in [0.25, 0.3) is 0 Å². The third kappa shape index (κ3) is 2.51. The predicted molar refractivity (Wildman–Crippen MR) is 65.8 cm³/mol. The summed E-state index contributed by atoms with van der Waals surface area (Å²) in [5, 5.41) is 0. The molecule has 0 bridgehead atoms. The van der Waals surface area contributed by atoms with E-state index in [4.69, 9.17) is 0 Å². The number of hydrogen-bond acceptors (Lipinski definition) is 2. The normalized spacial score (nSPS) is 11.7. The molecular weight excluding hydrogens is 222 g/mol. The molecular formula is C12H17NO2S. The second-order valence-electron chi connectivity index (χ2n) is 3.51. The Hall–Kier alpha value is -1.13. The van der Waals surface area contributed by atoms with E-state index < -0.39 is 10.0 Å². The molecule has 1 aromatic carbocycles. The number of hydrogen-bond donors (Lipinski definition) is 0. The minimum atomic E-state index is -3.38. The molecule has 1 aromatic rings. The molecule has 0 amide bonds. The first-order chi connectivity index (χ1) is 7.54. The van der Waals surface area contributed by atoms with E-state index in [1.165, 1.54) is 4.31 Å². The molecule has 0 aliphatic heterocycles. The van der Waals surface area contributed by atoms with E-state index >= 15 is 0 Å². The maximum atomic E-state index is 12.3. The third-order valence-electron chi connectivity index (χ3n) is 2.40. The molecule has 0 saturated carbocycles. The lowest BCUT2D eigenvalue weighted by Gasteiger charge is -2.19. The van der Waals surface area contributed by atoms with E-state index in [1.807, 2.05) is 13.0 Å². The van der Waals surface area contributed by atoms with Gasteiger partial charge in [0.15, 0.2) is 0 Å². The van der Waals surface area contributed by atoms with Crippen LogP contribution >= 0.6 is 0 Å². The summed E-state index contributed by atoms with van der Waals surface area (Å²) >= 11 is 0. The van der Waals surface area contributed by atoms with Crippen molar-refractivity contribution in [1.29, 1.82) is 0 Å². The first-order valence-electron chi connectivity index (χ1n) is 5.20. The van der Waals surface area contributed by atoms with Crippen molar-refractivity contribution < 1.29 is 8.42 Å². The fourth-order valence-electron chi connectivity index (χ4n) is 1.53. The minimum absolute atomic E-state index is 0.340. The third-order valence-corrected chi connectivity index (χ3v) is 4.50. The molecule has 88 valence electrons. The van der Waals surface area contributed by atoms with Gasteiger partial charge in [-0.05, 0) is 18.6 Å². The maximum Gasteiger partial charge on any atom is 0.243 e. The lowest BCUT2D eigenvalue weighted by atomic mass is 10.2. The average Bonchev–Trinajstić information content (AvgIpc) is 2.26. The molecule has 0 radical (unpaired) electrons. The van der Waals surface area contributed by atoms with Crippen molar-refractivity contribution in [3.8, 4) is 0 Å². The smallest absolute Gasteiger partial charge is 0.207 e. The predicted octanol–water partition coefficient (Wildman–Crippen LogP) is 2.19. The lowest BCUT2D eigenvalue weighted by molar-refractivity contribution is 0.459. The zero-order chi connectivity index (χ0) is 12.2. The average molecular weight is 239 g/mol. The molecule has 4 heteroatoms. The standard InChI is InChI=1S/C12H17NO2S/c1-4-10-13(5-2)16(14,15)12-9-7-6-8-11(12)3/h4,6-9H,1,5,10H2,2-3H3. The number of rotatable bonds is 5. The molecule has 0 aromatic heterocycles. The number of likely N-dealkylation sites (N-methyl/N-ethyl adjacent to an activating group) is 1. The fourth-order valence-corrected chi connectivity index (χ4v) is 3.17. The number of aryl methyl sites for hydroxylation is 1. The topological polar surface area (TPSA) is 37.4 Å². The Morgan fingerprint density at radius 3 is 2.50 bits per heavy atom. The van der Waals surface area contributed by atoms with Gasteiger partial charge in [-0.2, -0.15) is 4.31 Å². The molecule has 16 heavy (non-hydrogen) atoms. The van der Waals surface area contributed by atoms with E-state index in [9.17, 15) is 8.42 Å². The lowest BCUT2D eigenvalue weighted by Crippen LogP contribution is -2.31. The van der Waals surface area contributed by atoms with Gasteiger partial charge < -0.3 is 0 Å². The highest BCUT2D eigenvalue weighted by Gasteiger charge is 2.22. The second-order valence-corrected chi connectivity index (χ2v) is 5.42. The summed E-state index contributed by atoms with van der Waals surface area (Å²) in [5.74, 6) is 0.